The molecule has 0 spiro atoms. The number of hydrogen-bond donors (Lipinski definition) is 1. The van der Waals surface area contributed by atoms with Crippen LogP contribution in [0, 0.1) is 0 Å². The Morgan fingerprint density at radius 2 is 2.12 bits per heavy atom. The van der Waals surface area contributed by atoms with Crippen LogP contribution in [0.4, 0.5) is 4.79 Å². The van der Waals surface area contributed by atoms with E-state index in [0.717, 1.165) is 24.3 Å². The Morgan fingerprint density at radius 1 is 1.35 bits per heavy atom. The molecule has 0 radical (unpaired) electrons. The molecule has 0 aromatic heterocycles. The van der Waals surface area contributed by atoms with E-state index in [4.69, 9.17) is 14.2 Å². The number of ether oxygens (including phenoxy) is 3. The highest BCUT2D eigenvalue weighted by Gasteiger charge is 2.31. The number of esters is 1. The van der Waals surface area contributed by atoms with Gasteiger partial charge in [-0.2, -0.15) is 0 Å². The van der Waals surface area contributed by atoms with Crippen molar-refractivity contribution in [3.8, 4) is 5.75 Å². The molecule has 1 aromatic carbocycles. The number of amides is 3. The zero-order valence-electron chi connectivity index (χ0n) is 14.6. The third kappa shape index (κ3) is 4.32. The van der Waals surface area contributed by atoms with Gasteiger partial charge in [0.15, 0.2) is 6.10 Å². The lowest BCUT2D eigenvalue weighted by molar-refractivity contribution is -0.136. The Morgan fingerprint density at radius 3 is 2.73 bits per heavy atom. The van der Waals surface area contributed by atoms with Crippen molar-refractivity contribution >= 4 is 17.9 Å². The lowest BCUT2D eigenvalue weighted by atomic mass is 10.2. The molecule has 3 amide bonds. The summed E-state index contributed by atoms with van der Waals surface area (Å²) < 4.78 is 16.3. The third-order valence-electron chi connectivity index (χ3n) is 4.30. The Balaban J connectivity index is 1.50. The summed E-state index contributed by atoms with van der Waals surface area (Å²) in [5, 5.41) is 2.53. The number of urea groups is 1. The van der Waals surface area contributed by atoms with Gasteiger partial charge in [0.1, 0.15) is 12.4 Å². The molecule has 0 bridgehead atoms. The van der Waals surface area contributed by atoms with E-state index < -0.39 is 24.0 Å². The zero-order chi connectivity index (χ0) is 18.5. The normalized spacial score (nSPS) is 20.6. The van der Waals surface area contributed by atoms with Crippen LogP contribution in [0.2, 0.25) is 0 Å². The first-order valence-corrected chi connectivity index (χ1v) is 8.69. The van der Waals surface area contributed by atoms with Gasteiger partial charge >= 0.3 is 12.0 Å². The summed E-state index contributed by atoms with van der Waals surface area (Å²) in [5.41, 5.74) is 0.306. The van der Waals surface area contributed by atoms with Gasteiger partial charge in [-0.3, -0.25) is 9.69 Å². The van der Waals surface area contributed by atoms with Crippen LogP contribution in [0.15, 0.2) is 24.3 Å². The minimum Gasteiger partial charge on any atom is -0.491 e. The van der Waals surface area contributed by atoms with Gasteiger partial charge in [-0.25, -0.2) is 9.59 Å². The van der Waals surface area contributed by atoms with E-state index in [0.29, 0.717) is 24.5 Å². The van der Waals surface area contributed by atoms with Crippen molar-refractivity contribution in [3.05, 3.63) is 29.8 Å². The van der Waals surface area contributed by atoms with Crippen molar-refractivity contribution < 1.29 is 28.6 Å². The first-order valence-electron chi connectivity index (χ1n) is 8.69. The minimum absolute atomic E-state index is 0.120. The molecule has 2 heterocycles. The molecule has 2 aliphatic heterocycles. The van der Waals surface area contributed by atoms with Gasteiger partial charge in [0, 0.05) is 19.7 Å². The van der Waals surface area contributed by atoms with Crippen molar-refractivity contribution in [1.82, 2.24) is 10.2 Å². The lowest BCUT2D eigenvalue weighted by Crippen LogP contribution is -2.41. The molecule has 8 heteroatoms. The average Bonchev–Trinajstić information content (AvgIpc) is 3.31. The van der Waals surface area contributed by atoms with Crippen molar-refractivity contribution in [2.45, 2.75) is 32.0 Å². The average molecular weight is 362 g/mol. The van der Waals surface area contributed by atoms with Gasteiger partial charge in [0.2, 0.25) is 0 Å². The highest BCUT2D eigenvalue weighted by Crippen LogP contribution is 2.17. The standard InChI is InChI=1S/C18H22N2O6/c1-12(16(21)20-9-8-19-18(20)23)26-17(22)13-4-6-14(7-5-13)25-11-15-3-2-10-24-15/h4-7,12,15H,2-3,8-11H2,1H3,(H,19,23). The molecule has 1 aromatic rings. The quantitative estimate of drug-likeness (QED) is 0.768. The number of nitrogens with one attached hydrogen (secondary N) is 1. The SMILES string of the molecule is CC(OC(=O)c1ccc(OCC2CCCO2)cc1)C(=O)N1CCNC1=O. The molecule has 8 nitrogen and oxygen atoms in total. The summed E-state index contributed by atoms with van der Waals surface area (Å²) in [5.74, 6) is -0.532. The van der Waals surface area contributed by atoms with E-state index in [9.17, 15) is 14.4 Å². The van der Waals surface area contributed by atoms with Crippen LogP contribution in [0.5, 0.6) is 5.75 Å². The Labute approximate surface area is 151 Å². The smallest absolute Gasteiger partial charge is 0.338 e. The summed E-state index contributed by atoms with van der Waals surface area (Å²) in [6, 6.07) is 6.03. The Bertz CT molecular complexity index is 669. The number of benzene rings is 1. The zero-order valence-corrected chi connectivity index (χ0v) is 14.6. The predicted octanol–water partition coefficient (Wildman–Crippen LogP) is 1.34. The highest BCUT2D eigenvalue weighted by molar-refractivity contribution is 5.99. The van der Waals surface area contributed by atoms with Crippen LogP contribution in [0.1, 0.15) is 30.1 Å². The van der Waals surface area contributed by atoms with E-state index in [1.54, 1.807) is 24.3 Å². The van der Waals surface area contributed by atoms with Crippen molar-refractivity contribution in [2.24, 2.45) is 0 Å². The molecule has 2 saturated heterocycles. The number of imide groups is 1. The number of carbonyl (C=O) groups is 3. The van der Waals surface area contributed by atoms with Crippen LogP contribution >= 0.6 is 0 Å². The molecule has 3 rings (SSSR count). The summed E-state index contributed by atoms with van der Waals surface area (Å²) in [6.45, 7) is 3.38. The summed E-state index contributed by atoms with van der Waals surface area (Å²) in [6.07, 6.45) is 1.12. The molecule has 26 heavy (non-hydrogen) atoms. The van der Waals surface area contributed by atoms with E-state index in [1.165, 1.54) is 6.92 Å². The fraction of sp³-hybridized carbons (Fsp3) is 0.500. The highest BCUT2D eigenvalue weighted by atomic mass is 16.5. The van der Waals surface area contributed by atoms with Crippen molar-refractivity contribution in [2.75, 3.05) is 26.3 Å². The van der Waals surface area contributed by atoms with Crippen LogP contribution in [0.3, 0.4) is 0 Å². The molecule has 0 saturated carbocycles. The molecule has 140 valence electrons. The van der Waals surface area contributed by atoms with Gasteiger partial charge in [-0.15, -0.1) is 0 Å². The first-order chi connectivity index (χ1) is 12.5. The maximum atomic E-state index is 12.2. The lowest BCUT2D eigenvalue weighted by Gasteiger charge is -2.18. The Kier molecular flexibility index (Phi) is 5.72. The largest absolute Gasteiger partial charge is 0.491 e. The number of rotatable bonds is 6. The van der Waals surface area contributed by atoms with E-state index in [1.807, 2.05) is 0 Å². The summed E-state index contributed by atoms with van der Waals surface area (Å²) in [4.78, 5) is 36.9. The topological polar surface area (TPSA) is 94.2 Å². The Hall–Kier alpha value is -2.61. The van der Waals surface area contributed by atoms with Crippen molar-refractivity contribution in [1.29, 1.82) is 0 Å². The number of carbonyl (C=O) groups excluding carboxylic acids is 3. The number of hydrogen-bond acceptors (Lipinski definition) is 6. The van der Waals surface area contributed by atoms with Gasteiger partial charge < -0.3 is 19.5 Å². The third-order valence-corrected chi connectivity index (χ3v) is 4.30. The van der Waals surface area contributed by atoms with Crippen LogP contribution in [-0.4, -0.2) is 61.3 Å². The van der Waals surface area contributed by atoms with E-state index >= 15 is 0 Å². The maximum absolute atomic E-state index is 12.2. The first kappa shape index (κ1) is 18.2. The molecule has 2 atom stereocenters. The minimum atomic E-state index is -1.04. The molecule has 1 N–H and O–H groups in total. The van der Waals surface area contributed by atoms with Crippen LogP contribution in [0.25, 0.3) is 0 Å². The van der Waals surface area contributed by atoms with Gasteiger partial charge in [-0.05, 0) is 44.0 Å². The van der Waals surface area contributed by atoms with Gasteiger partial charge in [0.25, 0.3) is 5.91 Å². The monoisotopic (exact) mass is 362 g/mol. The predicted molar refractivity (Wildman–Crippen MR) is 90.9 cm³/mol. The van der Waals surface area contributed by atoms with Gasteiger partial charge in [0.05, 0.1) is 11.7 Å². The van der Waals surface area contributed by atoms with Crippen LogP contribution in [-0.2, 0) is 14.3 Å². The van der Waals surface area contributed by atoms with Crippen molar-refractivity contribution in [3.63, 3.8) is 0 Å². The fourth-order valence-electron chi connectivity index (χ4n) is 2.83. The van der Waals surface area contributed by atoms with E-state index in [-0.39, 0.29) is 12.6 Å². The summed E-state index contributed by atoms with van der Waals surface area (Å²) >= 11 is 0. The maximum Gasteiger partial charge on any atom is 0.338 e. The molecule has 2 fully saturated rings. The molecular weight excluding hydrogens is 340 g/mol. The fourth-order valence-corrected chi connectivity index (χ4v) is 2.83. The second-order valence-corrected chi connectivity index (χ2v) is 6.24. The second kappa shape index (κ2) is 8.18. The molecule has 2 unspecified atom stereocenters. The van der Waals surface area contributed by atoms with Gasteiger partial charge in [-0.1, -0.05) is 0 Å². The number of nitrogens with zero attached hydrogens (tertiary/aromatic N) is 1. The summed E-state index contributed by atoms with van der Waals surface area (Å²) in [7, 11) is 0. The second-order valence-electron chi connectivity index (χ2n) is 6.24. The molecular formula is C18H22N2O6. The molecule has 2 aliphatic rings. The van der Waals surface area contributed by atoms with Crippen LogP contribution < -0.4 is 10.1 Å². The molecule has 0 aliphatic carbocycles. The van der Waals surface area contributed by atoms with E-state index in [2.05, 4.69) is 5.32 Å².